The number of rotatable bonds is 12. The molecule has 0 radical (unpaired) electrons. The van der Waals surface area contributed by atoms with Gasteiger partial charge in [-0.1, -0.05) is 102 Å². The van der Waals surface area contributed by atoms with E-state index < -0.39 is 11.6 Å². The molecular formula is C35H32Cl2N2O4. The Morgan fingerprint density at radius 3 is 2.37 bits per heavy atom. The number of carbonyl (C=O) groups is 1. The van der Waals surface area contributed by atoms with Crippen LogP contribution in [0.25, 0.3) is 6.08 Å². The third-order valence-electron chi connectivity index (χ3n) is 7.11. The standard InChI is InChI=1S/C35H32Cl2N2O4/c36-30-19-14-26(23-31(30)37)24-38-34(41)35(20-7-11-25-9-3-1-4-10-25)32(27-12-5-2-6-13-27)43-33(39-35)28-15-17-29(18-16-28)42-22-8-21-40/h1-7,9-19,23,32,40H,8,20-22,24H2,(H,38,41)/b11-7+/t32-,35-/m1/s1. The zero-order chi connectivity index (χ0) is 30.1. The molecule has 1 heterocycles. The monoisotopic (exact) mass is 614 g/mol. The van der Waals surface area contributed by atoms with Crippen LogP contribution < -0.4 is 10.1 Å². The molecule has 0 spiro atoms. The number of nitrogens with one attached hydrogen (secondary N) is 1. The minimum absolute atomic E-state index is 0.0670. The fourth-order valence-corrected chi connectivity index (χ4v) is 5.19. The van der Waals surface area contributed by atoms with Crippen molar-refractivity contribution >= 4 is 41.1 Å². The first kappa shape index (κ1) is 30.4. The highest BCUT2D eigenvalue weighted by atomic mass is 35.5. The highest BCUT2D eigenvalue weighted by molar-refractivity contribution is 6.42. The van der Waals surface area contributed by atoms with E-state index in [9.17, 15) is 4.79 Å². The van der Waals surface area contributed by atoms with Crippen molar-refractivity contribution < 1.29 is 19.4 Å². The first-order valence-electron chi connectivity index (χ1n) is 14.1. The first-order chi connectivity index (χ1) is 21.0. The molecule has 0 unspecified atom stereocenters. The van der Waals surface area contributed by atoms with Crippen molar-refractivity contribution in [2.45, 2.75) is 31.0 Å². The molecule has 8 heteroatoms. The molecule has 43 heavy (non-hydrogen) atoms. The summed E-state index contributed by atoms with van der Waals surface area (Å²) in [5.74, 6) is 0.768. The topological polar surface area (TPSA) is 80.2 Å². The summed E-state index contributed by atoms with van der Waals surface area (Å²) in [6.45, 7) is 0.725. The second-order valence-electron chi connectivity index (χ2n) is 10.1. The molecule has 1 aliphatic heterocycles. The number of ether oxygens (including phenoxy) is 2. The molecule has 4 aromatic rings. The van der Waals surface area contributed by atoms with Gasteiger partial charge >= 0.3 is 0 Å². The van der Waals surface area contributed by atoms with E-state index in [-0.39, 0.29) is 19.1 Å². The summed E-state index contributed by atoms with van der Waals surface area (Å²) in [6.07, 6.45) is 4.12. The Kier molecular flexibility index (Phi) is 10.2. The molecule has 1 aliphatic rings. The summed E-state index contributed by atoms with van der Waals surface area (Å²) in [6, 6.07) is 32.2. The summed E-state index contributed by atoms with van der Waals surface area (Å²) in [4.78, 5) is 19.3. The number of hydrogen-bond donors (Lipinski definition) is 2. The fraction of sp³-hybridized carbons (Fsp3) is 0.200. The zero-order valence-corrected chi connectivity index (χ0v) is 25.0. The molecular weight excluding hydrogens is 583 g/mol. The molecule has 0 saturated carbocycles. The van der Waals surface area contributed by atoms with Crippen LogP contribution in [0.2, 0.25) is 10.0 Å². The van der Waals surface area contributed by atoms with Gasteiger partial charge in [0.05, 0.1) is 16.7 Å². The zero-order valence-electron chi connectivity index (χ0n) is 23.5. The highest BCUT2D eigenvalue weighted by Gasteiger charge is 2.52. The van der Waals surface area contributed by atoms with Crippen molar-refractivity contribution in [3.05, 3.63) is 142 Å². The highest BCUT2D eigenvalue weighted by Crippen LogP contribution is 2.43. The maximum atomic E-state index is 14.3. The number of nitrogens with zero attached hydrogens (tertiary/aromatic N) is 1. The van der Waals surface area contributed by atoms with Gasteiger partial charge in [0.25, 0.3) is 5.91 Å². The van der Waals surface area contributed by atoms with Crippen LogP contribution in [0.5, 0.6) is 5.75 Å². The SMILES string of the molecule is O=C(NCc1ccc(Cl)c(Cl)c1)[C@]1(C/C=C/c2ccccc2)N=C(c2ccc(OCCCO)cc2)O[C@@H]1c1ccccc1. The van der Waals surface area contributed by atoms with E-state index in [1.165, 1.54) is 0 Å². The number of aliphatic hydroxyl groups is 1. The minimum atomic E-state index is -1.30. The van der Waals surface area contributed by atoms with E-state index in [4.69, 9.17) is 42.8 Å². The molecule has 4 aromatic carbocycles. The van der Waals surface area contributed by atoms with E-state index in [1.54, 1.807) is 12.1 Å². The predicted octanol–water partition coefficient (Wildman–Crippen LogP) is 7.43. The van der Waals surface area contributed by atoms with Crippen LogP contribution >= 0.6 is 23.2 Å². The Hall–Kier alpha value is -4.10. The number of carbonyl (C=O) groups excluding carboxylic acids is 1. The largest absolute Gasteiger partial charge is 0.494 e. The molecule has 0 aliphatic carbocycles. The van der Waals surface area contributed by atoms with Gasteiger partial charge in [-0.05, 0) is 53.1 Å². The number of hydrogen-bond acceptors (Lipinski definition) is 5. The summed E-state index contributed by atoms with van der Waals surface area (Å²) in [5.41, 5.74) is 2.10. The van der Waals surface area contributed by atoms with Gasteiger partial charge in [-0.2, -0.15) is 0 Å². The smallest absolute Gasteiger partial charge is 0.252 e. The van der Waals surface area contributed by atoms with Gasteiger partial charge in [-0.25, -0.2) is 4.99 Å². The maximum absolute atomic E-state index is 14.3. The summed E-state index contributed by atoms with van der Waals surface area (Å²) < 4.78 is 12.2. The second-order valence-corrected chi connectivity index (χ2v) is 11.0. The van der Waals surface area contributed by atoms with Crippen LogP contribution in [0.3, 0.4) is 0 Å². The quantitative estimate of drug-likeness (QED) is 0.163. The maximum Gasteiger partial charge on any atom is 0.252 e. The van der Waals surface area contributed by atoms with Crippen LogP contribution in [0, 0.1) is 0 Å². The van der Waals surface area contributed by atoms with Crippen molar-refractivity contribution in [3.8, 4) is 5.75 Å². The molecule has 6 nitrogen and oxygen atoms in total. The van der Waals surface area contributed by atoms with Gasteiger partial charge in [0.15, 0.2) is 11.6 Å². The second kappa shape index (κ2) is 14.4. The molecule has 0 aromatic heterocycles. The van der Waals surface area contributed by atoms with Gasteiger partial charge in [0, 0.05) is 31.6 Å². The summed E-state index contributed by atoms with van der Waals surface area (Å²) in [7, 11) is 0. The van der Waals surface area contributed by atoms with Crippen LogP contribution in [0.15, 0.2) is 114 Å². The lowest BCUT2D eigenvalue weighted by Crippen LogP contribution is -2.47. The molecule has 0 saturated heterocycles. The Balaban J connectivity index is 1.50. The number of aliphatic imine (C=N–C) groups is 1. The van der Waals surface area contributed by atoms with Crippen LogP contribution in [-0.4, -0.2) is 35.7 Å². The van der Waals surface area contributed by atoms with Crippen LogP contribution in [0.1, 0.15) is 41.2 Å². The van der Waals surface area contributed by atoms with Crippen molar-refractivity contribution in [2.24, 2.45) is 4.99 Å². The molecule has 2 atom stereocenters. The number of halogens is 2. The molecule has 0 fully saturated rings. The third-order valence-corrected chi connectivity index (χ3v) is 7.85. The van der Waals surface area contributed by atoms with E-state index in [0.29, 0.717) is 41.1 Å². The molecule has 1 amide bonds. The lowest BCUT2D eigenvalue weighted by Gasteiger charge is -2.30. The minimum Gasteiger partial charge on any atom is -0.494 e. The van der Waals surface area contributed by atoms with Crippen LogP contribution in [-0.2, 0) is 16.1 Å². The van der Waals surface area contributed by atoms with E-state index in [1.807, 2.05) is 103 Å². The number of benzene rings is 4. The Morgan fingerprint density at radius 1 is 0.953 bits per heavy atom. The Labute approximate surface area is 261 Å². The average molecular weight is 616 g/mol. The van der Waals surface area contributed by atoms with Gasteiger partial charge in [-0.15, -0.1) is 0 Å². The van der Waals surface area contributed by atoms with E-state index >= 15 is 0 Å². The van der Waals surface area contributed by atoms with Gasteiger partial charge in [-0.3, -0.25) is 4.79 Å². The fourth-order valence-electron chi connectivity index (χ4n) is 4.87. The third kappa shape index (κ3) is 7.46. The molecule has 2 N–H and O–H groups in total. The molecule has 220 valence electrons. The Bertz CT molecular complexity index is 1580. The summed E-state index contributed by atoms with van der Waals surface area (Å²) >= 11 is 12.3. The van der Waals surface area contributed by atoms with Gasteiger partial charge in [0.2, 0.25) is 5.90 Å². The van der Waals surface area contributed by atoms with Crippen molar-refractivity contribution in [1.82, 2.24) is 5.32 Å². The lowest BCUT2D eigenvalue weighted by molar-refractivity contribution is -0.129. The molecule has 0 bridgehead atoms. The van der Waals surface area contributed by atoms with Gasteiger partial charge in [0.1, 0.15) is 5.75 Å². The number of aliphatic hydroxyl groups excluding tert-OH is 1. The van der Waals surface area contributed by atoms with Gasteiger partial charge < -0.3 is 19.9 Å². The lowest BCUT2D eigenvalue weighted by atomic mass is 9.84. The normalized spacial score (nSPS) is 17.8. The van der Waals surface area contributed by atoms with E-state index in [2.05, 4.69) is 5.32 Å². The first-order valence-corrected chi connectivity index (χ1v) is 14.8. The van der Waals surface area contributed by atoms with E-state index in [0.717, 1.165) is 22.3 Å². The van der Waals surface area contributed by atoms with Crippen molar-refractivity contribution in [3.63, 3.8) is 0 Å². The van der Waals surface area contributed by atoms with Crippen LogP contribution in [0.4, 0.5) is 0 Å². The molecule has 5 rings (SSSR count). The van der Waals surface area contributed by atoms with Crippen molar-refractivity contribution in [2.75, 3.05) is 13.2 Å². The number of amides is 1. The predicted molar refractivity (Wildman–Crippen MR) is 172 cm³/mol. The average Bonchev–Trinajstić information content (AvgIpc) is 3.43. The Morgan fingerprint density at radius 2 is 1.67 bits per heavy atom. The summed E-state index contributed by atoms with van der Waals surface area (Å²) in [5, 5.41) is 13.0. The van der Waals surface area contributed by atoms with Crippen molar-refractivity contribution in [1.29, 1.82) is 0 Å².